The van der Waals surface area contributed by atoms with Gasteiger partial charge in [0.05, 0.1) is 6.07 Å². The minimum Gasteiger partial charge on any atom is -0.314 e. The lowest BCUT2D eigenvalue weighted by molar-refractivity contribution is -0.118. The molecule has 0 saturated carbocycles. The van der Waals surface area contributed by atoms with E-state index in [0.717, 1.165) is 0 Å². The van der Waals surface area contributed by atoms with Crippen LogP contribution in [-0.2, 0) is 4.79 Å². The Balaban J connectivity index is 3.81. The molecule has 0 rings (SSSR count). The van der Waals surface area contributed by atoms with E-state index in [2.05, 4.69) is 5.18 Å². The van der Waals surface area contributed by atoms with Crippen molar-refractivity contribution in [2.24, 2.45) is 10.9 Å². The molecule has 0 fully saturated rings. The first-order valence-corrected chi connectivity index (χ1v) is 3.08. The lowest BCUT2D eigenvalue weighted by Crippen LogP contribution is -2.34. The molecule has 0 aromatic heterocycles. The van der Waals surface area contributed by atoms with Crippen LogP contribution < -0.4 is 5.73 Å². The second kappa shape index (κ2) is 3.78. The highest BCUT2D eigenvalue weighted by Gasteiger charge is 2.18. The average molecular weight is 155 g/mol. The topological polar surface area (TPSA) is 96.3 Å². The number of nitrogens with two attached hydrogens (primary N) is 1. The molecule has 1 unspecified atom stereocenters. The second-order valence-corrected chi connectivity index (χ2v) is 2.51. The van der Waals surface area contributed by atoms with Crippen LogP contribution in [0.15, 0.2) is 5.18 Å². The Kier molecular flexibility index (Phi) is 3.34. The molecule has 0 spiro atoms. The minimum atomic E-state index is -1.04. The van der Waals surface area contributed by atoms with Crippen LogP contribution >= 0.6 is 0 Å². The molecule has 0 saturated heterocycles. The van der Waals surface area contributed by atoms with Gasteiger partial charge in [-0.1, -0.05) is 0 Å². The zero-order valence-electron chi connectivity index (χ0n) is 6.20. The number of rotatable bonds is 3. The molecule has 60 valence electrons. The van der Waals surface area contributed by atoms with E-state index >= 15 is 0 Å². The summed E-state index contributed by atoms with van der Waals surface area (Å²) in [6.45, 7) is 1.49. The van der Waals surface area contributed by atoms with Crippen molar-refractivity contribution in [3.63, 3.8) is 0 Å². The van der Waals surface area contributed by atoms with E-state index in [1.165, 1.54) is 6.92 Å². The number of amides is 1. The summed E-state index contributed by atoms with van der Waals surface area (Å²) < 4.78 is 0. The zero-order valence-corrected chi connectivity index (χ0v) is 6.20. The predicted molar refractivity (Wildman–Crippen MR) is 38.2 cm³/mol. The van der Waals surface area contributed by atoms with Gasteiger partial charge >= 0.3 is 0 Å². The first kappa shape index (κ1) is 9.72. The fourth-order valence-corrected chi connectivity index (χ4v) is 0.468. The van der Waals surface area contributed by atoms with Crippen LogP contribution in [0.2, 0.25) is 0 Å². The molecule has 0 bridgehead atoms. The molecule has 5 heteroatoms. The maximum Gasteiger partial charge on any atom is 0.286 e. The van der Waals surface area contributed by atoms with E-state index < -0.39 is 11.4 Å². The Labute approximate surface area is 64.2 Å². The summed E-state index contributed by atoms with van der Waals surface area (Å²) in [5, 5.41) is 10.6. The van der Waals surface area contributed by atoms with Crippen molar-refractivity contribution in [1.29, 1.82) is 5.26 Å². The van der Waals surface area contributed by atoms with E-state index in [4.69, 9.17) is 11.0 Å². The second-order valence-electron chi connectivity index (χ2n) is 2.51. The van der Waals surface area contributed by atoms with Gasteiger partial charge in [0.2, 0.25) is 0 Å². The number of carbonyl (C=O) groups excluding carboxylic acids is 1. The Morgan fingerprint density at radius 3 is 2.73 bits per heavy atom. The summed E-state index contributed by atoms with van der Waals surface area (Å²) in [4.78, 5) is 19.9. The first-order valence-electron chi connectivity index (χ1n) is 3.08. The molecule has 0 aliphatic rings. The lowest BCUT2D eigenvalue weighted by atomic mass is 9.99. The maximum absolute atomic E-state index is 10.3. The van der Waals surface area contributed by atoms with Crippen LogP contribution in [0.4, 0.5) is 0 Å². The summed E-state index contributed by atoms with van der Waals surface area (Å²) in [6, 6.07) is 1.80. The monoisotopic (exact) mass is 155 g/mol. The molecule has 0 heterocycles. The summed E-state index contributed by atoms with van der Waals surface area (Å²) in [7, 11) is 0. The van der Waals surface area contributed by atoms with Crippen LogP contribution in [-0.4, -0.2) is 11.4 Å². The van der Waals surface area contributed by atoms with Crippen molar-refractivity contribution in [3.05, 3.63) is 4.91 Å². The van der Waals surface area contributed by atoms with Crippen molar-refractivity contribution in [2.75, 3.05) is 0 Å². The van der Waals surface area contributed by atoms with Crippen LogP contribution in [0.1, 0.15) is 19.8 Å². The maximum atomic E-state index is 10.3. The van der Waals surface area contributed by atoms with Gasteiger partial charge in [0, 0.05) is 11.6 Å². The van der Waals surface area contributed by atoms with Crippen molar-refractivity contribution >= 4 is 5.91 Å². The van der Waals surface area contributed by atoms with Crippen molar-refractivity contribution in [1.82, 2.24) is 0 Å². The molecule has 11 heavy (non-hydrogen) atoms. The summed E-state index contributed by atoms with van der Waals surface area (Å²) in [6.07, 6.45) is 0.0954. The summed E-state index contributed by atoms with van der Waals surface area (Å²) in [5.41, 5.74) is 4.32. The molecule has 0 aromatic carbocycles. The van der Waals surface area contributed by atoms with Crippen molar-refractivity contribution in [3.8, 4) is 6.07 Å². The van der Waals surface area contributed by atoms with Crippen LogP contribution in [0.25, 0.3) is 0 Å². The largest absolute Gasteiger partial charge is 0.314 e. The van der Waals surface area contributed by atoms with Crippen molar-refractivity contribution in [2.45, 2.75) is 25.3 Å². The molecule has 1 atom stereocenters. The van der Waals surface area contributed by atoms with E-state index in [0.29, 0.717) is 0 Å². The van der Waals surface area contributed by atoms with E-state index in [-0.39, 0.29) is 12.8 Å². The average Bonchev–Trinajstić information content (AvgIpc) is 2.00. The highest BCUT2D eigenvalue weighted by molar-refractivity contribution is 5.76. The van der Waals surface area contributed by atoms with E-state index in [1.54, 1.807) is 6.07 Å². The Hall–Kier alpha value is -1.28. The third-order valence-electron chi connectivity index (χ3n) is 1.22. The fraction of sp³-hybridized carbons (Fsp3) is 0.667. The van der Waals surface area contributed by atoms with Gasteiger partial charge in [0.1, 0.15) is 5.54 Å². The highest BCUT2D eigenvalue weighted by atomic mass is 16.3. The molecule has 1 amide bonds. The minimum absolute atomic E-state index is 0.0654. The lowest BCUT2D eigenvalue weighted by Gasteiger charge is -2.12. The number of carbonyl (C=O) groups is 1. The Bertz CT molecular complexity index is 204. The van der Waals surface area contributed by atoms with Gasteiger partial charge in [-0.15, -0.1) is 4.91 Å². The van der Waals surface area contributed by atoms with Crippen LogP contribution in [0.5, 0.6) is 0 Å². The standard InChI is InChI=1S/C6H9N3O2/c1-6(8,4-7)3-2-5(10)9-11/h2-3,8H2,1H3. The van der Waals surface area contributed by atoms with Crippen LogP contribution in [0, 0.1) is 16.2 Å². The Morgan fingerprint density at radius 2 is 2.36 bits per heavy atom. The van der Waals surface area contributed by atoms with Gasteiger partial charge in [0.15, 0.2) is 0 Å². The SMILES string of the molecule is CC(N)(C#N)CCC(=O)N=O. The molecule has 0 aliphatic carbocycles. The molecule has 5 nitrogen and oxygen atoms in total. The van der Waals surface area contributed by atoms with E-state index in [1.807, 2.05) is 0 Å². The number of hydrogen-bond acceptors (Lipinski definition) is 4. The third-order valence-corrected chi connectivity index (χ3v) is 1.22. The van der Waals surface area contributed by atoms with Gasteiger partial charge < -0.3 is 5.73 Å². The summed E-state index contributed by atoms with van der Waals surface area (Å²) >= 11 is 0. The first-order chi connectivity index (χ1) is 5.02. The quantitative estimate of drug-likeness (QED) is 0.592. The molecule has 0 radical (unpaired) electrons. The van der Waals surface area contributed by atoms with E-state index in [9.17, 15) is 9.70 Å². The fourth-order valence-electron chi connectivity index (χ4n) is 0.468. The molecular formula is C6H9N3O2. The third kappa shape index (κ3) is 4.17. The Morgan fingerprint density at radius 1 is 1.82 bits per heavy atom. The van der Waals surface area contributed by atoms with Gasteiger partial charge in [-0.2, -0.15) is 5.26 Å². The molecule has 0 aromatic rings. The molecule has 2 N–H and O–H groups in total. The van der Waals surface area contributed by atoms with Crippen molar-refractivity contribution < 1.29 is 4.79 Å². The number of nitroso groups, excluding NO2 is 1. The number of nitriles is 1. The number of nitrogens with zero attached hydrogens (tertiary/aromatic N) is 2. The van der Waals surface area contributed by atoms with Gasteiger partial charge in [0.25, 0.3) is 5.91 Å². The predicted octanol–water partition coefficient (Wildman–Crippen LogP) is 0.301. The molecule has 0 aliphatic heterocycles. The van der Waals surface area contributed by atoms with Gasteiger partial charge in [-0.25, -0.2) is 0 Å². The zero-order chi connectivity index (χ0) is 8.91. The van der Waals surface area contributed by atoms with Gasteiger partial charge in [-0.3, -0.25) is 4.79 Å². The molecular weight excluding hydrogens is 146 g/mol. The van der Waals surface area contributed by atoms with Gasteiger partial charge in [-0.05, 0) is 13.3 Å². The highest BCUT2D eigenvalue weighted by Crippen LogP contribution is 2.07. The smallest absolute Gasteiger partial charge is 0.286 e. The normalized spacial score (nSPS) is 14.6. The number of hydrogen-bond donors (Lipinski definition) is 1. The summed E-state index contributed by atoms with van der Waals surface area (Å²) in [5.74, 6) is -0.767. The van der Waals surface area contributed by atoms with Crippen LogP contribution in [0.3, 0.4) is 0 Å².